The number of hydrogen-bond acceptors (Lipinski definition) is 1. The van der Waals surface area contributed by atoms with Crippen LogP contribution in [0.2, 0.25) is 0 Å². The lowest BCUT2D eigenvalue weighted by molar-refractivity contribution is -0.534. The van der Waals surface area contributed by atoms with E-state index in [1.807, 2.05) is 0 Å². The van der Waals surface area contributed by atoms with Gasteiger partial charge in [-0.1, -0.05) is 0 Å². The number of rotatable bonds is 3. The Kier molecular flexibility index (Phi) is 4.21. The van der Waals surface area contributed by atoms with Crippen LogP contribution in [0.1, 0.15) is 25.7 Å². The van der Waals surface area contributed by atoms with Gasteiger partial charge in [-0.15, -0.1) is 0 Å². The van der Waals surface area contributed by atoms with Crippen LogP contribution < -0.4 is 0 Å². The molecule has 0 aliphatic carbocycles. The van der Waals surface area contributed by atoms with Gasteiger partial charge in [0.05, 0.1) is 6.61 Å². The second kappa shape index (κ2) is 5.30. The van der Waals surface area contributed by atoms with Gasteiger partial charge in [-0.25, -0.2) is 4.58 Å². The molecule has 0 aromatic heterocycles. The lowest BCUT2D eigenvalue weighted by Crippen LogP contribution is -2.21. The van der Waals surface area contributed by atoms with Gasteiger partial charge >= 0.3 is 0 Å². The van der Waals surface area contributed by atoms with Crippen molar-refractivity contribution in [1.29, 1.82) is 0 Å². The molecular weight excluding hydrogens is 138 g/mol. The van der Waals surface area contributed by atoms with Crippen molar-refractivity contribution >= 4 is 6.21 Å². The van der Waals surface area contributed by atoms with Crippen molar-refractivity contribution in [3.8, 4) is 0 Å². The van der Waals surface area contributed by atoms with Gasteiger partial charge < -0.3 is 4.74 Å². The number of piperidine rings is 1. The molecule has 1 saturated heterocycles. The van der Waals surface area contributed by atoms with Crippen LogP contribution in [0.25, 0.3) is 0 Å². The van der Waals surface area contributed by atoms with Gasteiger partial charge in [0.15, 0.2) is 0 Å². The van der Waals surface area contributed by atoms with Crippen LogP contribution in [-0.4, -0.2) is 37.6 Å². The van der Waals surface area contributed by atoms with Crippen LogP contribution in [0.4, 0.5) is 0 Å². The molecule has 0 amide bonds. The van der Waals surface area contributed by atoms with Gasteiger partial charge in [0.25, 0.3) is 0 Å². The molecule has 1 aliphatic rings. The third-order valence-corrected chi connectivity index (χ3v) is 2.10. The van der Waals surface area contributed by atoms with Crippen LogP contribution >= 0.6 is 0 Å². The standard InChI is InChI=1S/C9H18NO/c1-11-9-5-8-10-6-3-2-4-7-10/h8H,2-7,9H2,1H3/q+1. The molecule has 11 heavy (non-hydrogen) atoms. The highest BCUT2D eigenvalue weighted by Gasteiger charge is 2.08. The fraction of sp³-hybridized carbons (Fsp3) is 0.889. The van der Waals surface area contributed by atoms with Gasteiger partial charge in [-0.2, -0.15) is 0 Å². The lowest BCUT2D eigenvalue weighted by Gasteiger charge is -2.08. The fourth-order valence-corrected chi connectivity index (χ4v) is 1.45. The van der Waals surface area contributed by atoms with Gasteiger partial charge in [0, 0.05) is 26.4 Å². The molecule has 0 aromatic rings. The first-order valence-corrected chi connectivity index (χ1v) is 4.50. The Bertz CT molecular complexity index is 124. The van der Waals surface area contributed by atoms with Gasteiger partial charge in [0.2, 0.25) is 0 Å². The van der Waals surface area contributed by atoms with E-state index in [2.05, 4.69) is 10.8 Å². The van der Waals surface area contributed by atoms with Crippen molar-refractivity contribution in [3.63, 3.8) is 0 Å². The minimum Gasteiger partial charge on any atom is -0.384 e. The van der Waals surface area contributed by atoms with E-state index >= 15 is 0 Å². The first-order chi connectivity index (χ1) is 5.43. The summed E-state index contributed by atoms with van der Waals surface area (Å²) in [7, 11) is 1.75. The Morgan fingerprint density at radius 3 is 2.64 bits per heavy atom. The molecule has 2 nitrogen and oxygen atoms in total. The Hall–Kier alpha value is -0.370. The SMILES string of the molecule is COCCC=[N+]1CCCCC1. The van der Waals surface area contributed by atoms with Gasteiger partial charge in [-0.05, 0) is 6.42 Å². The normalized spacial score (nSPS) is 18.5. The molecule has 0 radical (unpaired) electrons. The number of nitrogens with zero attached hydrogens (tertiary/aromatic N) is 1. The molecule has 2 heteroatoms. The van der Waals surface area contributed by atoms with Crippen LogP contribution in [0, 0.1) is 0 Å². The number of hydrogen-bond donors (Lipinski definition) is 0. The van der Waals surface area contributed by atoms with Crippen LogP contribution in [0.3, 0.4) is 0 Å². The average Bonchev–Trinajstić information content (AvgIpc) is 2.07. The third kappa shape index (κ3) is 3.51. The molecule has 1 heterocycles. The van der Waals surface area contributed by atoms with Gasteiger partial charge in [0.1, 0.15) is 19.3 Å². The molecule has 0 saturated carbocycles. The molecule has 1 aliphatic heterocycles. The summed E-state index contributed by atoms with van der Waals surface area (Å²) in [6, 6.07) is 0. The van der Waals surface area contributed by atoms with Crippen LogP contribution in [0.5, 0.6) is 0 Å². The summed E-state index contributed by atoms with van der Waals surface area (Å²) in [5.41, 5.74) is 0. The van der Waals surface area contributed by atoms with Crippen molar-refractivity contribution in [2.24, 2.45) is 0 Å². The van der Waals surface area contributed by atoms with Crippen molar-refractivity contribution in [1.82, 2.24) is 0 Å². The van der Waals surface area contributed by atoms with E-state index in [0.717, 1.165) is 13.0 Å². The number of ether oxygens (including phenoxy) is 1. The first kappa shape index (κ1) is 8.72. The van der Waals surface area contributed by atoms with Gasteiger partial charge in [-0.3, -0.25) is 0 Å². The summed E-state index contributed by atoms with van der Waals surface area (Å²) in [5.74, 6) is 0. The smallest absolute Gasteiger partial charge is 0.142 e. The molecule has 1 fully saturated rings. The zero-order chi connectivity index (χ0) is 7.94. The summed E-state index contributed by atoms with van der Waals surface area (Å²) in [6.45, 7) is 3.37. The third-order valence-electron chi connectivity index (χ3n) is 2.10. The van der Waals surface area contributed by atoms with E-state index in [1.165, 1.54) is 32.4 Å². The molecule has 0 unspecified atom stereocenters. The summed E-state index contributed by atoms with van der Waals surface area (Å²) < 4.78 is 7.39. The fourth-order valence-electron chi connectivity index (χ4n) is 1.45. The maximum atomic E-state index is 4.97. The molecule has 0 N–H and O–H groups in total. The highest BCUT2D eigenvalue weighted by molar-refractivity contribution is 5.51. The summed E-state index contributed by atoms with van der Waals surface area (Å²) in [5, 5.41) is 0. The van der Waals surface area contributed by atoms with Crippen molar-refractivity contribution < 1.29 is 9.31 Å². The molecule has 0 spiro atoms. The molecular formula is C9H18NO+. The molecule has 0 aromatic carbocycles. The van der Waals surface area contributed by atoms with Crippen LogP contribution in [-0.2, 0) is 4.74 Å². The zero-order valence-electron chi connectivity index (χ0n) is 7.38. The van der Waals surface area contributed by atoms with E-state index in [9.17, 15) is 0 Å². The minimum absolute atomic E-state index is 0.858. The molecule has 0 atom stereocenters. The molecule has 0 bridgehead atoms. The lowest BCUT2D eigenvalue weighted by atomic mass is 10.2. The highest BCUT2D eigenvalue weighted by atomic mass is 16.5. The Morgan fingerprint density at radius 2 is 2.00 bits per heavy atom. The van der Waals surface area contributed by atoms with Crippen molar-refractivity contribution in [2.45, 2.75) is 25.7 Å². The monoisotopic (exact) mass is 156 g/mol. The summed E-state index contributed by atoms with van der Waals surface area (Å²) in [4.78, 5) is 0. The van der Waals surface area contributed by atoms with Crippen molar-refractivity contribution in [2.75, 3.05) is 26.8 Å². The Labute approximate surface area is 68.9 Å². The van der Waals surface area contributed by atoms with E-state index in [0.29, 0.717) is 0 Å². The first-order valence-electron chi connectivity index (χ1n) is 4.50. The molecule has 1 rings (SSSR count). The van der Waals surface area contributed by atoms with E-state index in [1.54, 1.807) is 7.11 Å². The van der Waals surface area contributed by atoms with Crippen LogP contribution in [0.15, 0.2) is 0 Å². The average molecular weight is 156 g/mol. The second-order valence-corrected chi connectivity index (χ2v) is 3.06. The number of methoxy groups -OCH3 is 1. The summed E-state index contributed by atoms with van der Waals surface area (Å²) >= 11 is 0. The van der Waals surface area contributed by atoms with Crippen molar-refractivity contribution in [3.05, 3.63) is 0 Å². The maximum absolute atomic E-state index is 4.97. The predicted molar refractivity (Wildman–Crippen MR) is 46.4 cm³/mol. The maximum Gasteiger partial charge on any atom is 0.142 e. The highest BCUT2D eigenvalue weighted by Crippen LogP contribution is 2.02. The second-order valence-electron chi connectivity index (χ2n) is 3.06. The van der Waals surface area contributed by atoms with E-state index < -0.39 is 0 Å². The Balaban J connectivity index is 2.15. The Morgan fingerprint density at radius 1 is 1.27 bits per heavy atom. The topological polar surface area (TPSA) is 12.2 Å². The molecule has 64 valence electrons. The predicted octanol–water partition coefficient (Wildman–Crippen LogP) is 1.29. The summed E-state index contributed by atoms with van der Waals surface area (Å²) in [6.07, 6.45) is 7.49. The van der Waals surface area contributed by atoms with E-state index in [-0.39, 0.29) is 0 Å². The quantitative estimate of drug-likeness (QED) is 0.443. The largest absolute Gasteiger partial charge is 0.384 e. The zero-order valence-corrected chi connectivity index (χ0v) is 7.38. The minimum atomic E-state index is 0.858. The van der Waals surface area contributed by atoms with E-state index in [4.69, 9.17) is 4.74 Å².